The summed E-state index contributed by atoms with van der Waals surface area (Å²) in [6.07, 6.45) is 0. The summed E-state index contributed by atoms with van der Waals surface area (Å²) in [6, 6.07) is 0. The molecule has 0 saturated heterocycles. The molecule has 0 N–H and O–H groups in total. The Morgan fingerprint density at radius 3 is 1.00 bits per heavy atom. The molecule has 0 nitrogen and oxygen atoms in total. The normalized spacial score (nSPS) is 0. The first kappa shape index (κ1) is 28.1. The van der Waals surface area contributed by atoms with Crippen LogP contribution >= 0.6 is 0 Å². The largest absolute Gasteiger partial charge is 0 e. The molecular weight excluding hydrogens is 301 g/mol. The van der Waals surface area contributed by atoms with Crippen molar-refractivity contribution < 1.29 is 73.4 Å². The van der Waals surface area contributed by atoms with Crippen LogP contribution in [0, 0.1) is 35.6 Å². The van der Waals surface area contributed by atoms with E-state index < -0.39 is 0 Å². The minimum absolute atomic E-state index is 0. The van der Waals surface area contributed by atoms with Gasteiger partial charge in [-0.25, -0.2) is 0 Å². The van der Waals surface area contributed by atoms with Crippen molar-refractivity contribution in [3.05, 3.63) is 0 Å². The van der Waals surface area contributed by atoms with E-state index in [-0.39, 0.29) is 92.3 Å². The molecule has 0 amide bonds. The molecule has 0 spiro atoms. The van der Waals surface area contributed by atoms with Gasteiger partial charge >= 0.3 is 18.9 Å². The van der Waals surface area contributed by atoms with E-state index in [1.165, 1.54) is 0 Å². The van der Waals surface area contributed by atoms with Crippen LogP contribution in [-0.2, 0) is 37.8 Å². The first-order chi connectivity index (χ1) is 0. The minimum Gasteiger partial charge on any atom is 0 e. The van der Waals surface area contributed by atoms with Crippen LogP contribution in [0.4, 0.5) is 0 Å². The second kappa shape index (κ2) is 16.7. The topological polar surface area (TPSA) is 0 Å². The molecule has 0 rings (SSSR count). The zero-order chi connectivity index (χ0) is 0. The Hall–Kier alpha value is 2.99. The van der Waals surface area contributed by atoms with Gasteiger partial charge in [-0.1, -0.05) is 0 Å². The first-order valence-corrected chi connectivity index (χ1v) is 0. The van der Waals surface area contributed by atoms with Gasteiger partial charge in [0.15, 0.2) is 0 Å². The molecule has 4 heteroatoms. The van der Waals surface area contributed by atoms with Crippen molar-refractivity contribution in [2.45, 2.75) is 0 Å². The maximum Gasteiger partial charge on any atom is 0 e. The van der Waals surface area contributed by atoms with E-state index in [9.17, 15) is 0 Å². The molecule has 4 heavy (non-hydrogen) atoms. The fraction of sp³-hybridized carbons (Fsp3) is 0. The fourth-order valence-electron chi connectivity index (χ4n) is 0. The summed E-state index contributed by atoms with van der Waals surface area (Å²) in [7, 11) is 0. The molecule has 0 aromatic carbocycles. The molecule has 2 radical (unpaired) electrons. The van der Waals surface area contributed by atoms with Gasteiger partial charge in [-0.3, -0.25) is 0 Å². The summed E-state index contributed by atoms with van der Waals surface area (Å²) in [4.78, 5) is 0. The molecule has 0 heterocycles. The van der Waals surface area contributed by atoms with E-state index in [1.54, 1.807) is 0 Å². The number of hydrogen-bond donors (Lipinski definition) is 0. The molecule has 20 valence electrons. The quantitative estimate of drug-likeness (QED) is 0.522. The predicted molar refractivity (Wildman–Crippen MR) is 7.15 cm³/mol. The van der Waals surface area contributed by atoms with Gasteiger partial charge in [-0.05, 0) is 0 Å². The van der Waals surface area contributed by atoms with E-state index in [0.717, 1.165) is 0 Å². The van der Waals surface area contributed by atoms with Crippen LogP contribution in [0.2, 0.25) is 0 Å². The van der Waals surface area contributed by atoms with Gasteiger partial charge in [0.05, 0.1) is 0 Å². The standard InChI is InChI=1S/Co.La.Li.Mo.H. The third-order valence-electron chi connectivity index (χ3n) is 0. The van der Waals surface area contributed by atoms with Gasteiger partial charge in [0, 0.05) is 73.4 Å². The van der Waals surface area contributed by atoms with Crippen LogP contribution in [0.3, 0.4) is 0 Å². The third kappa shape index (κ3) is 8.89. The maximum atomic E-state index is 0. The minimum atomic E-state index is 0. The van der Waals surface area contributed by atoms with Crippen molar-refractivity contribution in [1.82, 2.24) is 0 Å². The molecule has 0 aromatic heterocycles. The van der Waals surface area contributed by atoms with E-state index in [2.05, 4.69) is 0 Å². The van der Waals surface area contributed by atoms with Gasteiger partial charge in [-0.2, -0.15) is 0 Å². The Labute approximate surface area is 90.5 Å². The third-order valence-corrected chi connectivity index (χ3v) is 0. The van der Waals surface area contributed by atoms with Crippen molar-refractivity contribution in [3.8, 4) is 0 Å². The van der Waals surface area contributed by atoms with E-state index in [1.807, 2.05) is 0 Å². The Morgan fingerprint density at radius 2 is 1.00 bits per heavy atom. The van der Waals surface area contributed by atoms with Gasteiger partial charge in [-0.15, -0.1) is 0 Å². The van der Waals surface area contributed by atoms with Crippen molar-refractivity contribution in [2.24, 2.45) is 0 Å². The second-order valence-corrected chi connectivity index (χ2v) is 0. The van der Waals surface area contributed by atoms with Crippen LogP contribution in [0.25, 0.3) is 0 Å². The van der Waals surface area contributed by atoms with Crippen LogP contribution in [0.5, 0.6) is 0 Å². The van der Waals surface area contributed by atoms with Crippen molar-refractivity contribution in [3.63, 3.8) is 0 Å². The molecule has 0 unspecified atom stereocenters. The van der Waals surface area contributed by atoms with Crippen LogP contribution < -0.4 is 0 Å². The summed E-state index contributed by atoms with van der Waals surface area (Å²) in [5, 5.41) is 0. The summed E-state index contributed by atoms with van der Waals surface area (Å²) in [6.45, 7) is 0. The smallest absolute Gasteiger partial charge is 0 e. The molecule has 0 aliphatic heterocycles. The number of hydrogen-bond acceptors (Lipinski definition) is 0. The average Bonchev–Trinajstić information content (AvgIpc) is 0. The summed E-state index contributed by atoms with van der Waals surface area (Å²) in [5.41, 5.74) is 0. The van der Waals surface area contributed by atoms with Gasteiger partial charge < -0.3 is 0 Å². The second-order valence-electron chi connectivity index (χ2n) is 0. The van der Waals surface area contributed by atoms with E-state index in [4.69, 9.17) is 0 Å². The van der Waals surface area contributed by atoms with E-state index >= 15 is 0 Å². The SMILES string of the molecule is [Co].[La].[LiH].[Mo]. The molecular formula is HCoLaLiMo. The Morgan fingerprint density at radius 1 is 1.00 bits per heavy atom. The van der Waals surface area contributed by atoms with Crippen LogP contribution in [0.1, 0.15) is 0 Å². The Bertz CT molecular complexity index is 8.00. The summed E-state index contributed by atoms with van der Waals surface area (Å²) < 4.78 is 0. The number of rotatable bonds is 0. The summed E-state index contributed by atoms with van der Waals surface area (Å²) >= 11 is 0. The van der Waals surface area contributed by atoms with Crippen molar-refractivity contribution in [1.29, 1.82) is 0 Å². The molecule has 0 aliphatic rings. The molecule has 0 atom stereocenters. The maximum absolute atomic E-state index is 0. The fourth-order valence-corrected chi connectivity index (χ4v) is 0. The van der Waals surface area contributed by atoms with Crippen LogP contribution in [0.15, 0.2) is 0 Å². The molecule has 0 fully saturated rings. The van der Waals surface area contributed by atoms with Crippen molar-refractivity contribution in [2.75, 3.05) is 0 Å². The van der Waals surface area contributed by atoms with E-state index in [0.29, 0.717) is 0 Å². The first-order valence-electron chi connectivity index (χ1n) is 0. The monoisotopic (exact) mass is 304 g/mol. The molecule has 0 aromatic rings. The van der Waals surface area contributed by atoms with Gasteiger partial charge in [0.25, 0.3) is 0 Å². The zero-order valence-corrected chi connectivity index (χ0v) is 7.99. The zero-order valence-electron chi connectivity index (χ0n) is 1.32. The van der Waals surface area contributed by atoms with Crippen LogP contribution in [-0.4, -0.2) is 18.9 Å². The molecule has 0 saturated carbocycles. The average molecular weight is 302 g/mol. The molecule has 0 aliphatic carbocycles. The predicted octanol–water partition coefficient (Wildman–Crippen LogP) is -0.653. The Balaban J connectivity index is 0. The summed E-state index contributed by atoms with van der Waals surface area (Å²) in [5.74, 6) is 0. The molecule has 0 bridgehead atoms. The van der Waals surface area contributed by atoms with Crippen molar-refractivity contribution >= 4 is 18.9 Å². The van der Waals surface area contributed by atoms with Gasteiger partial charge in [0.2, 0.25) is 0 Å². The Kier molecular flexibility index (Phi) is 117. The van der Waals surface area contributed by atoms with Gasteiger partial charge in [0.1, 0.15) is 0 Å².